The van der Waals surface area contributed by atoms with Crippen LogP contribution in [0.15, 0.2) is 36.7 Å². The molecule has 2 aromatic rings. The van der Waals surface area contributed by atoms with Gasteiger partial charge in [-0.1, -0.05) is 19.3 Å². The maximum absolute atomic E-state index is 12.6. The van der Waals surface area contributed by atoms with Crippen LogP contribution < -0.4 is 15.8 Å². The van der Waals surface area contributed by atoms with Crippen molar-refractivity contribution in [3.05, 3.63) is 42.2 Å². The van der Waals surface area contributed by atoms with Crippen LogP contribution in [0.1, 0.15) is 44.1 Å². The molecule has 0 bridgehead atoms. The molecule has 1 saturated carbocycles. The number of aromatic nitrogens is 2. The SMILES string of the molecule is Cc1cc(Oc2ncccn2)ccc1NC(=O)CC1(CN)CCCCC1.Cl. The highest BCUT2D eigenvalue weighted by molar-refractivity contribution is 5.92. The zero-order valence-electron chi connectivity index (χ0n) is 15.6. The third-order valence-corrected chi connectivity index (χ3v) is 5.11. The number of nitrogens with zero attached hydrogens (tertiary/aromatic N) is 2. The average molecular weight is 391 g/mol. The van der Waals surface area contributed by atoms with Gasteiger partial charge in [-0.25, -0.2) is 9.97 Å². The van der Waals surface area contributed by atoms with Crippen LogP contribution in [0.25, 0.3) is 0 Å². The Morgan fingerprint density at radius 3 is 2.56 bits per heavy atom. The Bertz CT molecular complexity index is 749. The van der Waals surface area contributed by atoms with E-state index < -0.39 is 0 Å². The Kier molecular flexibility index (Phi) is 7.56. The summed E-state index contributed by atoms with van der Waals surface area (Å²) in [6.45, 7) is 2.51. The lowest BCUT2D eigenvalue weighted by atomic mass is 9.71. The molecule has 27 heavy (non-hydrogen) atoms. The summed E-state index contributed by atoms with van der Waals surface area (Å²) in [4.78, 5) is 20.6. The molecule has 146 valence electrons. The fourth-order valence-corrected chi connectivity index (χ4v) is 3.57. The Labute approximate surface area is 166 Å². The van der Waals surface area contributed by atoms with Gasteiger partial charge in [0.2, 0.25) is 5.91 Å². The fraction of sp³-hybridized carbons (Fsp3) is 0.450. The molecule has 0 unspecified atom stereocenters. The topological polar surface area (TPSA) is 90.1 Å². The van der Waals surface area contributed by atoms with E-state index in [1.807, 2.05) is 19.1 Å². The predicted molar refractivity (Wildman–Crippen MR) is 108 cm³/mol. The Hall–Kier alpha value is -2.18. The second-order valence-electron chi connectivity index (χ2n) is 7.10. The maximum atomic E-state index is 12.6. The van der Waals surface area contributed by atoms with E-state index in [-0.39, 0.29) is 23.7 Å². The molecule has 1 amide bonds. The average Bonchev–Trinajstić information content (AvgIpc) is 2.65. The quantitative estimate of drug-likeness (QED) is 0.769. The van der Waals surface area contributed by atoms with Crippen LogP contribution in [0.4, 0.5) is 5.69 Å². The molecule has 3 N–H and O–H groups in total. The van der Waals surface area contributed by atoms with Gasteiger partial charge in [-0.3, -0.25) is 4.79 Å². The molecule has 1 aliphatic rings. The van der Waals surface area contributed by atoms with Crippen molar-refractivity contribution in [3.8, 4) is 11.8 Å². The number of benzene rings is 1. The van der Waals surface area contributed by atoms with Crippen LogP contribution in [0, 0.1) is 12.3 Å². The van der Waals surface area contributed by atoms with Gasteiger partial charge in [0.05, 0.1) is 0 Å². The summed E-state index contributed by atoms with van der Waals surface area (Å²) in [5.41, 5.74) is 7.68. The summed E-state index contributed by atoms with van der Waals surface area (Å²) in [6, 6.07) is 7.55. The number of ether oxygens (including phenoxy) is 1. The number of carbonyl (C=O) groups is 1. The standard InChI is InChI=1S/C20H26N4O2.ClH/c1-15-12-16(26-19-22-10-5-11-23-19)6-7-17(15)24-18(25)13-20(14-21)8-3-2-4-9-20;/h5-7,10-12H,2-4,8-9,13-14,21H2,1H3,(H,24,25);1H. The largest absolute Gasteiger partial charge is 0.424 e. The number of anilines is 1. The second kappa shape index (κ2) is 9.67. The Balaban J connectivity index is 0.00000261. The van der Waals surface area contributed by atoms with Crippen molar-refractivity contribution >= 4 is 24.0 Å². The number of aryl methyl sites for hydroxylation is 1. The highest BCUT2D eigenvalue weighted by Gasteiger charge is 2.33. The van der Waals surface area contributed by atoms with Crippen molar-refractivity contribution in [2.75, 3.05) is 11.9 Å². The molecule has 1 aromatic heterocycles. The lowest BCUT2D eigenvalue weighted by Gasteiger charge is -2.35. The lowest BCUT2D eigenvalue weighted by molar-refractivity contribution is -0.118. The van der Waals surface area contributed by atoms with Crippen molar-refractivity contribution in [3.63, 3.8) is 0 Å². The summed E-state index contributed by atoms with van der Waals surface area (Å²) in [7, 11) is 0. The molecule has 0 radical (unpaired) electrons. The van der Waals surface area contributed by atoms with Gasteiger partial charge in [0, 0.05) is 24.5 Å². The monoisotopic (exact) mass is 390 g/mol. The number of nitrogens with two attached hydrogens (primary N) is 1. The van der Waals surface area contributed by atoms with Crippen LogP contribution >= 0.6 is 12.4 Å². The smallest absolute Gasteiger partial charge is 0.321 e. The van der Waals surface area contributed by atoms with Crippen LogP contribution in [0.2, 0.25) is 0 Å². The van der Waals surface area contributed by atoms with Gasteiger partial charge in [-0.05, 0) is 61.6 Å². The molecular weight excluding hydrogens is 364 g/mol. The number of amides is 1. The van der Waals surface area contributed by atoms with Crippen LogP contribution in [0.5, 0.6) is 11.8 Å². The molecule has 1 heterocycles. The number of nitrogens with one attached hydrogen (secondary N) is 1. The third-order valence-electron chi connectivity index (χ3n) is 5.11. The van der Waals surface area contributed by atoms with Gasteiger partial charge in [-0.15, -0.1) is 12.4 Å². The molecule has 1 fully saturated rings. The maximum Gasteiger partial charge on any atom is 0.321 e. The minimum atomic E-state index is -0.0378. The number of halogens is 1. The molecule has 0 aliphatic heterocycles. The fourth-order valence-electron chi connectivity index (χ4n) is 3.57. The van der Waals surface area contributed by atoms with Gasteiger partial charge >= 0.3 is 6.01 Å². The summed E-state index contributed by atoms with van der Waals surface area (Å²) in [6.07, 6.45) is 9.40. The predicted octanol–water partition coefficient (Wildman–Crippen LogP) is 4.24. The van der Waals surface area contributed by atoms with E-state index in [1.165, 1.54) is 6.42 Å². The molecule has 0 atom stereocenters. The normalized spacial score (nSPS) is 15.5. The third kappa shape index (κ3) is 5.65. The van der Waals surface area contributed by atoms with E-state index in [2.05, 4.69) is 15.3 Å². The van der Waals surface area contributed by atoms with E-state index in [1.54, 1.807) is 24.5 Å². The van der Waals surface area contributed by atoms with E-state index in [0.29, 0.717) is 24.7 Å². The summed E-state index contributed by atoms with van der Waals surface area (Å²) >= 11 is 0. The van der Waals surface area contributed by atoms with E-state index in [0.717, 1.165) is 36.9 Å². The molecule has 1 aromatic carbocycles. The van der Waals surface area contributed by atoms with Crippen LogP contribution in [-0.2, 0) is 4.79 Å². The highest BCUT2D eigenvalue weighted by Crippen LogP contribution is 2.38. The molecule has 7 heteroatoms. The number of carbonyl (C=O) groups excluding carboxylic acids is 1. The van der Waals surface area contributed by atoms with E-state index in [9.17, 15) is 4.79 Å². The molecule has 0 saturated heterocycles. The summed E-state index contributed by atoms with van der Waals surface area (Å²) < 4.78 is 5.62. The van der Waals surface area contributed by atoms with Gasteiger partial charge in [-0.2, -0.15) is 0 Å². The second-order valence-corrected chi connectivity index (χ2v) is 7.10. The summed E-state index contributed by atoms with van der Waals surface area (Å²) in [5, 5.41) is 3.03. The molecular formula is C20H27ClN4O2. The van der Waals surface area contributed by atoms with E-state index >= 15 is 0 Å². The van der Waals surface area contributed by atoms with Gasteiger partial charge in [0.25, 0.3) is 0 Å². The first-order valence-corrected chi connectivity index (χ1v) is 9.16. The van der Waals surface area contributed by atoms with Gasteiger partial charge < -0.3 is 15.8 Å². The molecule has 3 rings (SSSR count). The Morgan fingerprint density at radius 2 is 1.93 bits per heavy atom. The van der Waals surface area contributed by atoms with Crippen molar-refractivity contribution in [1.82, 2.24) is 9.97 Å². The van der Waals surface area contributed by atoms with Gasteiger partial charge in [0.15, 0.2) is 0 Å². The number of rotatable bonds is 6. The first-order chi connectivity index (χ1) is 12.6. The number of hydrogen-bond acceptors (Lipinski definition) is 5. The minimum Gasteiger partial charge on any atom is -0.424 e. The number of hydrogen-bond donors (Lipinski definition) is 2. The highest BCUT2D eigenvalue weighted by atomic mass is 35.5. The van der Waals surface area contributed by atoms with E-state index in [4.69, 9.17) is 10.5 Å². The molecule has 0 spiro atoms. The molecule has 1 aliphatic carbocycles. The van der Waals surface area contributed by atoms with Gasteiger partial charge in [0.1, 0.15) is 5.75 Å². The van der Waals surface area contributed by atoms with Crippen molar-refractivity contribution in [1.29, 1.82) is 0 Å². The van der Waals surface area contributed by atoms with Crippen LogP contribution in [0.3, 0.4) is 0 Å². The first-order valence-electron chi connectivity index (χ1n) is 9.16. The zero-order chi connectivity index (χ0) is 18.4. The lowest BCUT2D eigenvalue weighted by Crippen LogP contribution is -2.36. The van der Waals surface area contributed by atoms with Crippen molar-refractivity contribution in [2.45, 2.75) is 45.4 Å². The van der Waals surface area contributed by atoms with Crippen molar-refractivity contribution < 1.29 is 9.53 Å². The molecule has 6 nitrogen and oxygen atoms in total. The zero-order valence-corrected chi connectivity index (χ0v) is 16.4. The minimum absolute atomic E-state index is 0. The van der Waals surface area contributed by atoms with Crippen molar-refractivity contribution in [2.24, 2.45) is 11.1 Å². The first kappa shape index (κ1) is 21.1. The summed E-state index contributed by atoms with van der Waals surface area (Å²) in [5.74, 6) is 0.665. The van der Waals surface area contributed by atoms with Crippen LogP contribution in [-0.4, -0.2) is 22.4 Å². The Morgan fingerprint density at radius 1 is 1.22 bits per heavy atom.